The number of pyridine rings is 1. The molecule has 0 saturated heterocycles. The molecule has 0 atom stereocenters. The molecule has 0 aromatic carbocycles. The number of carbonyl (C=O) groups excluding carboxylic acids is 1. The lowest BCUT2D eigenvalue weighted by atomic mass is 10.4. The van der Waals surface area contributed by atoms with Gasteiger partial charge in [0.05, 0.1) is 0 Å². The van der Waals surface area contributed by atoms with Gasteiger partial charge in [-0.05, 0) is 12.1 Å². The molecule has 0 aliphatic rings. The van der Waals surface area contributed by atoms with Gasteiger partial charge in [-0.15, -0.1) is 0 Å². The number of ether oxygens (including phenoxy) is 2. The van der Waals surface area contributed by atoms with Crippen molar-refractivity contribution in [1.29, 1.82) is 0 Å². The standard InChI is InChI=1S/C7H5NO6/c9-6(10)13-4-2-1-3-8-5(4)14-7(11)12/h1-3H,(H,9,10)(H,11,12)/p-1. The first-order valence-electron chi connectivity index (χ1n) is 3.34. The largest absolute Gasteiger partial charge is 0.511 e. The maximum Gasteiger partial charge on any atom is 0.511 e. The number of carbonyl (C=O) groups is 2. The Bertz CT molecular complexity index is 328. The molecular weight excluding hydrogens is 194 g/mol. The Morgan fingerprint density at radius 2 is 2.14 bits per heavy atom. The molecular formula is C7H4NO6-. The summed E-state index contributed by atoms with van der Waals surface area (Å²) in [5, 5.41) is 18.3. The van der Waals surface area contributed by atoms with E-state index in [0.717, 1.165) is 0 Å². The fourth-order valence-electron chi connectivity index (χ4n) is 0.703. The third-order valence-electron chi connectivity index (χ3n) is 1.11. The van der Waals surface area contributed by atoms with Crippen LogP contribution in [0.3, 0.4) is 0 Å². The fourth-order valence-corrected chi connectivity index (χ4v) is 0.703. The summed E-state index contributed by atoms with van der Waals surface area (Å²) in [5.41, 5.74) is 0. The van der Waals surface area contributed by atoms with Crippen molar-refractivity contribution in [3.05, 3.63) is 18.3 Å². The van der Waals surface area contributed by atoms with Gasteiger partial charge in [0.1, 0.15) is 0 Å². The molecule has 0 aliphatic heterocycles. The van der Waals surface area contributed by atoms with E-state index in [1.54, 1.807) is 0 Å². The first-order chi connectivity index (χ1) is 6.59. The van der Waals surface area contributed by atoms with E-state index in [9.17, 15) is 14.7 Å². The molecule has 0 fully saturated rings. The number of carboxylic acid groups (broad SMARTS) is 2. The Kier molecular flexibility index (Phi) is 2.85. The van der Waals surface area contributed by atoms with E-state index in [1.165, 1.54) is 18.3 Å². The van der Waals surface area contributed by atoms with Crippen LogP contribution in [0, 0.1) is 0 Å². The quantitative estimate of drug-likeness (QED) is 0.658. The monoisotopic (exact) mass is 198 g/mol. The Morgan fingerprint density at radius 1 is 1.43 bits per heavy atom. The SMILES string of the molecule is O=C([O-])Oc1ncccc1OC(=O)O. The number of hydrogen-bond donors (Lipinski definition) is 1. The molecule has 14 heavy (non-hydrogen) atoms. The second-order valence-corrected chi connectivity index (χ2v) is 2.03. The second kappa shape index (κ2) is 4.08. The van der Waals surface area contributed by atoms with Gasteiger partial charge in [-0.25, -0.2) is 9.78 Å². The predicted molar refractivity (Wildman–Crippen MR) is 38.9 cm³/mol. The highest BCUT2D eigenvalue weighted by Crippen LogP contribution is 2.23. The molecule has 1 N–H and O–H groups in total. The average molecular weight is 198 g/mol. The molecule has 1 aromatic rings. The maximum absolute atomic E-state index is 10.1. The van der Waals surface area contributed by atoms with E-state index in [2.05, 4.69) is 14.5 Å². The Labute approximate surface area is 77.5 Å². The Morgan fingerprint density at radius 3 is 2.71 bits per heavy atom. The van der Waals surface area contributed by atoms with Crippen LogP contribution < -0.4 is 14.6 Å². The van der Waals surface area contributed by atoms with Crippen molar-refractivity contribution in [2.75, 3.05) is 0 Å². The van der Waals surface area contributed by atoms with Gasteiger partial charge in [-0.1, -0.05) is 0 Å². The van der Waals surface area contributed by atoms with Gasteiger partial charge in [0.15, 0.2) is 11.6 Å². The van der Waals surface area contributed by atoms with Gasteiger partial charge in [0.2, 0.25) is 0 Å². The average Bonchev–Trinajstić information content (AvgIpc) is 2.06. The van der Waals surface area contributed by atoms with Crippen LogP contribution in [0.25, 0.3) is 0 Å². The summed E-state index contributed by atoms with van der Waals surface area (Å²) in [7, 11) is 0. The third-order valence-corrected chi connectivity index (χ3v) is 1.11. The lowest BCUT2D eigenvalue weighted by Crippen LogP contribution is -2.27. The molecule has 0 unspecified atom stereocenters. The van der Waals surface area contributed by atoms with Crippen molar-refractivity contribution < 1.29 is 29.3 Å². The van der Waals surface area contributed by atoms with E-state index < -0.39 is 18.2 Å². The minimum absolute atomic E-state index is 0.316. The number of rotatable bonds is 2. The fraction of sp³-hybridized carbons (Fsp3) is 0. The van der Waals surface area contributed by atoms with Crippen LogP contribution >= 0.6 is 0 Å². The van der Waals surface area contributed by atoms with Gasteiger partial charge in [0, 0.05) is 6.20 Å². The predicted octanol–water partition coefficient (Wildman–Crippen LogP) is -0.140. The van der Waals surface area contributed by atoms with Crippen molar-refractivity contribution in [2.45, 2.75) is 0 Å². The molecule has 74 valence electrons. The molecule has 0 spiro atoms. The van der Waals surface area contributed by atoms with Crippen LogP contribution in [0.5, 0.6) is 11.6 Å². The number of hydrogen-bond acceptors (Lipinski definition) is 6. The van der Waals surface area contributed by atoms with Gasteiger partial charge >= 0.3 is 6.16 Å². The molecule has 0 amide bonds. The second-order valence-electron chi connectivity index (χ2n) is 2.03. The number of aromatic nitrogens is 1. The lowest BCUT2D eigenvalue weighted by molar-refractivity contribution is -0.271. The Balaban J connectivity index is 2.90. The van der Waals surface area contributed by atoms with E-state index in [4.69, 9.17) is 5.11 Å². The first kappa shape index (κ1) is 9.78. The lowest BCUT2D eigenvalue weighted by Gasteiger charge is -2.09. The van der Waals surface area contributed by atoms with Crippen LogP contribution in [0.2, 0.25) is 0 Å². The molecule has 1 aromatic heterocycles. The van der Waals surface area contributed by atoms with Crippen molar-refractivity contribution in [2.24, 2.45) is 0 Å². The number of nitrogens with zero attached hydrogens (tertiary/aromatic N) is 1. The summed E-state index contributed by atoms with van der Waals surface area (Å²) >= 11 is 0. The molecule has 1 heterocycles. The zero-order valence-electron chi connectivity index (χ0n) is 6.67. The van der Waals surface area contributed by atoms with Crippen molar-refractivity contribution in [3.63, 3.8) is 0 Å². The van der Waals surface area contributed by atoms with Gasteiger partial charge in [-0.2, -0.15) is 0 Å². The van der Waals surface area contributed by atoms with E-state index in [-0.39, 0.29) is 5.75 Å². The highest BCUT2D eigenvalue weighted by molar-refractivity contribution is 5.64. The first-order valence-corrected chi connectivity index (χ1v) is 3.34. The topological polar surface area (TPSA) is 109 Å². The zero-order chi connectivity index (χ0) is 10.6. The molecule has 0 bridgehead atoms. The van der Waals surface area contributed by atoms with Gasteiger partial charge < -0.3 is 24.5 Å². The van der Waals surface area contributed by atoms with Crippen molar-refractivity contribution in [1.82, 2.24) is 4.98 Å². The highest BCUT2D eigenvalue weighted by Gasteiger charge is 2.07. The van der Waals surface area contributed by atoms with Crippen LogP contribution in [-0.4, -0.2) is 22.4 Å². The summed E-state index contributed by atoms with van der Waals surface area (Å²) in [6.07, 6.45) is -2.23. The summed E-state index contributed by atoms with van der Waals surface area (Å²) in [6.45, 7) is 0. The summed E-state index contributed by atoms with van der Waals surface area (Å²) in [4.78, 5) is 23.6. The molecule has 7 heteroatoms. The molecule has 1 rings (SSSR count). The minimum Gasteiger partial charge on any atom is -0.494 e. The maximum atomic E-state index is 10.1. The van der Waals surface area contributed by atoms with Crippen molar-refractivity contribution in [3.8, 4) is 11.6 Å². The van der Waals surface area contributed by atoms with Crippen LogP contribution in [-0.2, 0) is 0 Å². The zero-order valence-corrected chi connectivity index (χ0v) is 6.67. The Hall–Kier alpha value is -2.31. The van der Waals surface area contributed by atoms with Gasteiger partial charge in [0.25, 0.3) is 6.16 Å². The van der Waals surface area contributed by atoms with E-state index in [1.807, 2.05) is 0 Å². The molecule has 7 nitrogen and oxygen atoms in total. The van der Waals surface area contributed by atoms with E-state index >= 15 is 0 Å². The van der Waals surface area contributed by atoms with Crippen LogP contribution in [0.4, 0.5) is 9.59 Å². The summed E-state index contributed by atoms with van der Waals surface area (Å²) < 4.78 is 8.24. The summed E-state index contributed by atoms with van der Waals surface area (Å²) in [5.74, 6) is -0.792. The smallest absolute Gasteiger partial charge is 0.494 e. The van der Waals surface area contributed by atoms with Crippen LogP contribution in [0.15, 0.2) is 18.3 Å². The normalized spacial score (nSPS) is 9.14. The van der Waals surface area contributed by atoms with Crippen LogP contribution in [0.1, 0.15) is 0 Å². The third kappa shape index (κ3) is 2.63. The van der Waals surface area contributed by atoms with E-state index in [0.29, 0.717) is 0 Å². The molecule has 0 radical (unpaired) electrons. The summed E-state index contributed by atoms with van der Waals surface area (Å²) in [6, 6.07) is 2.56. The molecule has 0 aliphatic carbocycles. The van der Waals surface area contributed by atoms with Gasteiger partial charge in [-0.3, -0.25) is 0 Å². The minimum atomic E-state index is -1.85. The molecule has 0 saturated carbocycles. The van der Waals surface area contributed by atoms with Crippen molar-refractivity contribution >= 4 is 12.3 Å². The highest BCUT2D eigenvalue weighted by atomic mass is 16.7.